The maximum absolute atomic E-state index is 11.8. The molecule has 1 aromatic carbocycles. The van der Waals surface area contributed by atoms with Gasteiger partial charge in [0.1, 0.15) is 5.60 Å². The van der Waals surface area contributed by atoms with Crippen LogP contribution in [0.2, 0.25) is 0 Å². The van der Waals surface area contributed by atoms with Gasteiger partial charge in [0.25, 0.3) is 5.91 Å². The van der Waals surface area contributed by atoms with E-state index in [4.69, 9.17) is 0 Å². The summed E-state index contributed by atoms with van der Waals surface area (Å²) in [5.41, 5.74) is -0.644. The van der Waals surface area contributed by atoms with Crippen molar-refractivity contribution in [2.45, 2.75) is 31.3 Å². The van der Waals surface area contributed by atoms with Gasteiger partial charge in [-0.3, -0.25) is 9.59 Å². The Kier molecular flexibility index (Phi) is 4.77. The highest BCUT2D eigenvalue weighted by Gasteiger charge is 2.38. The number of aliphatic hydroxyl groups is 1. The van der Waals surface area contributed by atoms with Gasteiger partial charge in [-0.1, -0.05) is 22.0 Å². The van der Waals surface area contributed by atoms with Gasteiger partial charge in [0.15, 0.2) is 0 Å². The van der Waals surface area contributed by atoms with Gasteiger partial charge in [-0.15, -0.1) is 0 Å². The number of amides is 2. The number of hydrogen-bond donors (Lipinski definition) is 3. The third-order valence-electron chi connectivity index (χ3n) is 3.37. The summed E-state index contributed by atoms with van der Waals surface area (Å²) in [7, 11) is 0. The van der Waals surface area contributed by atoms with Crippen molar-refractivity contribution in [1.29, 1.82) is 0 Å². The van der Waals surface area contributed by atoms with E-state index >= 15 is 0 Å². The van der Waals surface area contributed by atoms with Crippen LogP contribution in [0.25, 0.3) is 0 Å². The van der Waals surface area contributed by atoms with Crippen LogP contribution in [0.1, 0.15) is 25.7 Å². The Hall–Kier alpha value is -1.40. The quantitative estimate of drug-likeness (QED) is 0.782. The molecule has 5 nitrogen and oxygen atoms in total. The first-order valence-corrected chi connectivity index (χ1v) is 7.35. The fourth-order valence-corrected chi connectivity index (χ4v) is 2.68. The maximum atomic E-state index is 11.8. The molecule has 1 aliphatic rings. The van der Waals surface area contributed by atoms with E-state index in [-0.39, 0.29) is 12.5 Å². The van der Waals surface area contributed by atoms with Crippen molar-refractivity contribution < 1.29 is 14.7 Å². The average molecular weight is 341 g/mol. The Morgan fingerprint density at radius 2 is 2.00 bits per heavy atom. The minimum absolute atomic E-state index is 0.145. The Bertz CT molecular complexity index is 513. The number of carbonyl (C=O) groups is 2. The first-order valence-electron chi connectivity index (χ1n) is 6.56. The smallest absolute Gasteiger partial charge is 0.252 e. The average Bonchev–Trinajstić information content (AvgIpc) is 2.84. The minimum Gasteiger partial charge on any atom is -0.380 e. The molecule has 0 atom stereocenters. The summed E-state index contributed by atoms with van der Waals surface area (Å²) in [6, 6.07) is 7.19. The largest absolute Gasteiger partial charge is 0.380 e. The molecule has 108 valence electrons. The topological polar surface area (TPSA) is 78.4 Å². The molecule has 2 amide bonds. The van der Waals surface area contributed by atoms with Crippen molar-refractivity contribution in [1.82, 2.24) is 5.32 Å². The minimum atomic E-state index is -1.30. The van der Waals surface area contributed by atoms with Crippen LogP contribution >= 0.6 is 15.9 Å². The molecule has 0 aliphatic heterocycles. The lowest BCUT2D eigenvalue weighted by Gasteiger charge is -2.20. The number of carbonyl (C=O) groups excluding carboxylic acids is 2. The number of anilines is 1. The molecular weight excluding hydrogens is 324 g/mol. The van der Waals surface area contributed by atoms with Crippen LogP contribution in [0.3, 0.4) is 0 Å². The van der Waals surface area contributed by atoms with E-state index in [1.807, 2.05) is 6.07 Å². The molecule has 0 heterocycles. The number of nitrogens with one attached hydrogen (secondary N) is 2. The fraction of sp³-hybridized carbons (Fsp3) is 0.429. The van der Waals surface area contributed by atoms with E-state index < -0.39 is 11.5 Å². The zero-order valence-corrected chi connectivity index (χ0v) is 12.6. The van der Waals surface area contributed by atoms with Crippen LogP contribution in [0, 0.1) is 0 Å². The van der Waals surface area contributed by atoms with E-state index in [1.165, 1.54) is 0 Å². The molecule has 0 spiro atoms. The zero-order valence-electron chi connectivity index (χ0n) is 11.0. The Balaban J connectivity index is 1.82. The zero-order chi connectivity index (χ0) is 14.6. The van der Waals surface area contributed by atoms with Gasteiger partial charge in [0.2, 0.25) is 5.91 Å². The lowest BCUT2D eigenvalue weighted by Crippen LogP contribution is -2.47. The lowest BCUT2D eigenvalue weighted by atomic mass is 10.0. The molecule has 1 fully saturated rings. The highest BCUT2D eigenvalue weighted by atomic mass is 79.9. The van der Waals surface area contributed by atoms with Gasteiger partial charge in [0.05, 0.1) is 6.54 Å². The molecule has 3 N–H and O–H groups in total. The van der Waals surface area contributed by atoms with Crippen LogP contribution in [0.4, 0.5) is 5.69 Å². The molecule has 0 saturated heterocycles. The predicted octanol–water partition coefficient (Wildman–Crippen LogP) is 1.81. The molecule has 0 radical (unpaired) electrons. The SMILES string of the molecule is O=C(CNC(=O)C1(O)CCCC1)Nc1cccc(Br)c1. The molecule has 0 aromatic heterocycles. The van der Waals surface area contributed by atoms with Gasteiger partial charge in [0, 0.05) is 10.2 Å². The van der Waals surface area contributed by atoms with Crippen LogP contribution in [-0.2, 0) is 9.59 Å². The summed E-state index contributed by atoms with van der Waals surface area (Å²) in [4.78, 5) is 23.6. The van der Waals surface area contributed by atoms with Crippen molar-refractivity contribution in [3.8, 4) is 0 Å². The van der Waals surface area contributed by atoms with E-state index in [2.05, 4.69) is 26.6 Å². The number of hydrogen-bond acceptors (Lipinski definition) is 3. The molecular formula is C14H17BrN2O3. The van der Waals surface area contributed by atoms with Gasteiger partial charge in [-0.2, -0.15) is 0 Å². The molecule has 1 saturated carbocycles. The van der Waals surface area contributed by atoms with Crippen molar-refractivity contribution in [2.75, 3.05) is 11.9 Å². The van der Waals surface area contributed by atoms with E-state index in [9.17, 15) is 14.7 Å². The highest BCUT2D eigenvalue weighted by molar-refractivity contribution is 9.10. The number of halogens is 1. The molecule has 1 aromatic rings. The van der Waals surface area contributed by atoms with Gasteiger partial charge in [-0.05, 0) is 43.9 Å². The first kappa shape index (κ1) is 15.0. The van der Waals surface area contributed by atoms with E-state index in [0.29, 0.717) is 18.5 Å². The summed E-state index contributed by atoms with van der Waals surface area (Å²) >= 11 is 3.31. The van der Waals surface area contributed by atoms with Crippen molar-refractivity contribution in [3.63, 3.8) is 0 Å². The highest BCUT2D eigenvalue weighted by Crippen LogP contribution is 2.29. The molecule has 0 bridgehead atoms. The summed E-state index contributed by atoms with van der Waals surface area (Å²) in [5.74, 6) is -0.780. The molecule has 1 aliphatic carbocycles. The van der Waals surface area contributed by atoms with E-state index in [1.54, 1.807) is 18.2 Å². The van der Waals surface area contributed by atoms with Crippen molar-refractivity contribution in [2.24, 2.45) is 0 Å². The fourth-order valence-electron chi connectivity index (χ4n) is 2.28. The monoisotopic (exact) mass is 340 g/mol. The van der Waals surface area contributed by atoms with Crippen LogP contribution in [-0.4, -0.2) is 29.1 Å². The van der Waals surface area contributed by atoms with Crippen LogP contribution in [0.15, 0.2) is 28.7 Å². The van der Waals surface area contributed by atoms with Crippen LogP contribution in [0.5, 0.6) is 0 Å². The normalized spacial score (nSPS) is 16.7. The second-order valence-corrected chi connectivity index (χ2v) is 5.90. The summed E-state index contributed by atoms with van der Waals surface area (Å²) in [6.07, 6.45) is 2.61. The van der Waals surface area contributed by atoms with Crippen LogP contribution < -0.4 is 10.6 Å². The predicted molar refractivity (Wildman–Crippen MR) is 79.2 cm³/mol. The Morgan fingerprint density at radius 1 is 1.30 bits per heavy atom. The molecule has 6 heteroatoms. The van der Waals surface area contributed by atoms with E-state index in [0.717, 1.165) is 17.3 Å². The Labute approximate surface area is 125 Å². The second kappa shape index (κ2) is 6.37. The van der Waals surface area contributed by atoms with Gasteiger partial charge < -0.3 is 15.7 Å². The number of rotatable bonds is 4. The van der Waals surface area contributed by atoms with Crippen molar-refractivity contribution in [3.05, 3.63) is 28.7 Å². The molecule has 2 rings (SSSR count). The Morgan fingerprint density at radius 3 is 2.65 bits per heavy atom. The number of benzene rings is 1. The molecule has 0 unspecified atom stereocenters. The third kappa shape index (κ3) is 3.80. The van der Waals surface area contributed by atoms with Gasteiger partial charge in [-0.25, -0.2) is 0 Å². The summed E-state index contributed by atoms with van der Waals surface area (Å²) in [5, 5.41) is 15.2. The third-order valence-corrected chi connectivity index (χ3v) is 3.86. The maximum Gasteiger partial charge on any atom is 0.252 e. The summed E-state index contributed by atoms with van der Waals surface area (Å²) in [6.45, 7) is -0.145. The van der Waals surface area contributed by atoms with Gasteiger partial charge >= 0.3 is 0 Å². The lowest BCUT2D eigenvalue weighted by molar-refractivity contribution is -0.140. The standard InChI is InChI=1S/C14H17BrN2O3/c15-10-4-3-5-11(8-10)17-12(18)9-16-13(19)14(20)6-1-2-7-14/h3-5,8,20H,1-2,6-7,9H2,(H,16,19)(H,17,18). The molecule has 20 heavy (non-hydrogen) atoms. The second-order valence-electron chi connectivity index (χ2n) is 4.98. The van der Waals surface area contributed by atoms with Crippen molar-refractivity contribution >= 4 is 33.4 Å². The summed E-state index contributed by atoms with van der Waals surface area (Å²) < 4.78 is 0.861. The first-order chi connectivity index (χ1) is 9.49.